The molecule has 1 aromatic heterocycles. The van der Waals surface area contributed by atoms with Crippen molar-refractivity contribution in [3.63, 3.8) is 0 Å². The minimum atomic E-state index is -4.49. The van der Waals surface area contributed by atoms with E-state index in [2.05, 4.69) is 15.5 Å². The molecule has 0 saturated carbocycles. The van der Waals surface area contributed by atoms with Crippen molar-refractivity contribution in [1.29, 1.82) is 0 Å². The molecule has 7 nitrogen and oxygen atoms in total. The molecule has 1 N–H and O–H groups in total. The van der Waals surface area contributed by atoms with Crippen LogP contribution in [0.5, 0.6) is 0 Å². The van der Waals surface area contributed by atoms with Crippen LogP contribution in [0.15, 0.2) is 30.3 Å². The first-order valence-corrected chi connectivity index (χ1v) is 11.9. The van der Waals surface area contributed by atoms with Gasteiger partial charge in [0.25, 0.3) is 0 Å². The van der Waals surface area contributed by atoms with E-state index in [-0.39, 0.29) is 23.1 Å². The number of alkyl carbamates (subject to hydrolysis) is 1. The predicted octanol–water partition coefficient (Wildman–Crippen LogP) is 5.88. The summed E-state index contributed by atoms with van der Waals surface area (Å²) in [5.74, 6) is -0.764. The molecule has 0 aliphatic heterocycles. The molecule has 0 bridgehead atoms. The molecular weight excluding hydrogens is 475 g/mol. The average molecular weight is 508 g/mol. The Kier molecular flexibility index (Phi) is 7.95. The number of hydrogen-bond donors (Lipinski definition) is 1. The van der Waals surface area contributed by atoms with E-state index in [1.165, 1.54) is 12.1 Å². The Morgan fingerprint density at radius 3 is 2.42 bits per heavy atom. The number of esters is 1. The van der Waals surface area contributed by atoms with Gasteiger partial charge in [-0.25, -0.2) is 9.59 Å². The Morgan fingerprint density at radius 1 is 1.11 bits per heavy atom. The molecule has 1 aliphatic carbocycles. The summed E-state index contributed by atoms with van der Waals surface area (Å²) in [5.41, 5.74) is 0.223. The van der Waals surface area contributed by atoms with E-state index in [0.717, 1.165) is 12.1 Å². The molecule has 0 spiro atoms. The number of alkyl halides is 3. The number of nitrogens with one attached hydrogen (secondary N) is 1. The highest BCUT2D eigenvalue weighted by atomic mass is 19.4. The fourth-order valence-corrected chi connectivity index (χ4v) is 4.03. The lowest BCUT2D eigenvalue weighted by molar-refractivity contribution is -0.154. The molecule has 1 amide bonds. The lowest BCUT2D eigenvalue weighted by Gasteiger charge is -2.31. The van der Waals surface area contributed by atoms with E-state index < -0.39 is 41.5 Å². The smallest absolute Gasteiger partial charge is 0.416 e. The third kappa shape index (κ3) is 6.95. The molecule has 1 heterocycles. The van der Waals surface area contributed by atoms with E-state index in [1.807, 2.05) is 6.92 Å². The first-order valence-electron chi connectivity index (χ1n) is 11.9. The molecule has 3 atom stereocenters. The average Bonchev–Trinajstić information content (AvgIpc) is 2.75. The molecule has 1 aliphatic rings. The van der Waals surface area contributed by atoms with Crippen LogP contribution in [-0.2, 0) is 26.9 Å². The Balaban J connectivity index is 1.87. The maximum absolute atomic E-state index is 13.2. The lowest BCUT2D eigenvalue weighted by atomic mass is 9.85. The standard InChI is InChI=1S/C26H32F3N3O4/c1-14(2)22(30-24(34)36-25(4,5)6)23(33)35-21-11-15(3)10-20-18(21)13-19(31-32-20)16-8-7-9-17(12-16)26(27,28)29/h7-9,12-15,21-22H,10-11H2,1-6H3,(H,30,34)/t15-,21+,22+/m1/s1. The van der Waals surface area contributed by atoms with Crippen LogP contribution in [0.2, 0.25) is 0 Å². The number of halogens is 3. The van der Waals surface area contributed by atoms with Gasteiger partial charge in [-0.2, -0.15) is 23.4 Å². The summed E-state index contributed by atoms with van der Waals surface area (Å²) < 4.78 is 50.7. The van der Waals surface area contributed by atoms with Gasteiger partial charge in [0.15, 0.2) is 0 Å². The van der Waals surface area contributed by atoms with Crippen molar-refractivity contribution in [2.24, 2.45) is 11.8 Å². The predicted molar refractivity (Wildman–Crippen MR) is 127 cm³/mol. The second-order valence-electron chi connectivity index (χ2n) is 10.5. The van der Waals surface area contributed by atoms with Crippen molar-refractivity contribution in [3.8, 4) is 11.3 Å². The summed E-state index contributed by atoms with van der Waals surface area (Å²) in [6.07, 6.45) is -4.79. The van der Waals surface area contributed by atoms with Gasteiger partial charge in [0.2, 0.25) is 0 Å². The third-order valence-electron chi connectivity index (χ3n) is 5.75. The highest BCUT2D eigenvalue weighted by Crippen LogP contribution is 2.37. The fourth-order valence-electron chi connectivity index (χ4n) is 4.03. The van der Waals surface area contributed by atoms with Crippen molar-refractivity contribution in [2.75, 3.05) is 0 Å². The van der Waals surface area contributed by atoms with Crippen LogP contribution in [0.3, 0.4) is 0 Å². The van der Waals surface area contributed by atoms with Gasteiger partial charge < -0.3 is 14.8 Å². The normalized spacial score (nSPS) is 18.8. The number of nitrogens with zero attached hydrogens (tertiary/aromatic N) is 2. The summed E-state index contributed by atoms with van der Waals surface area (Å²) in [6.45, 7) is 10.7. The van der Waals surface area contributed by atoms with Crippen LogP contribution in [0, 0.1) is 11.8 Å². The lowest BCUT2D eigenvalue weighted by Crippen LogP contribution is -2.47. The third-order valence-corrected chi connectivity index (χ3v) is 5.75. The van der Waals surface area contributed by atoms with Crippen LogP contribution < -0.4 is 5.32 Å². The van der Waals surface area contributed by atoms with Crippen LogP contribution in [-0.4, -0.2) is 33.9 Å². The van der Waals surface area contributed by atoms with Crippen LogP contribution in [0.1, 0.15) is 70.9 Å². The van der Waals surface area contributed by atoms with Gasteiger partial charge in [0.05, 0.1) is 17.0 Å². The molecule has 2 aromatic rings. The van der Waals surface area contributed by atoms with Crippen molar-refractivity contribution < 1.29 is 32.2 Å². The number of amides is 1. The molecule has 36 heavy (non-hydrogen) atoms. The van der Waals surface area contributed by atoms with Gasteiger partial charge >= 0.3 is 18.2 Å². The summed E-state index contributed by atoms with van der Waals surface area (Å²) in [4.78, 5) is 25.4. The van der Waals surface area contributed by atoms with E-state index in [9.17, 15) is 22.8 Å². The quantitative estimate of drug-likeness (QED) is 0.509. The van der Waals surface area contributed by atoms with Gasteiger partial charge in [0.1, 0.15) is 17.7 Å². The van der Waals surface area contributed by atoms with Gasteiger partial charge in [-0.1, -0.05) is 32.9 Å². The summed E-state index contributed by atoms with van der Waals surface area (Å²) in [6, 6.07) is 5.53. The zero-order valence-corrected chi connectivity index (χ0v) is 21.3. The number of carbonyl (C=O) groups excluding carboxylic acids is 2. The first-order chi connectivity index (χ1) is 16.6. The molecular formula is C26H32F3N3O4. The SMILES string of the molecule is CC(C)[C@H](NC(=O)OC(C)(C)C)C(=O)O[C@H]1C[C@H](C)Cc2nnc(-c3cccc(C(F)(F)F)c3)cc21. The Morgan fingerprint density at radius 2 is 1.81 bits per heavy atom. The van der Waals surface area contributed by atoms with Crippen LogP contribution in [0.25, 0.3) is 11.3 Å². The zero-order valence-electron chi connectivity index (χ0n) is 21.3. The minimum Gasteiger partial charge on any atom is -0.456 e. The Bertz CT molecular complexity index is 1110. The summed E-state index contributed by atoms with van der Waals surface area (Å²) in [7, 11) is 0. The fraction of sp³-hybridized carbons (Fsp3) is 0.538. The van der Waals surface area contributed by atoms with E-state index in [1.54, 1.807) is 40.7 Å². The number of hydrogen-bond acceptors (Lipinski definition) is 6. The van der Waals surface area contributed by atoms with Gasteiger partial charge in [-0.05, 0) is 63.6 Å². The Labute approximate surface area is 208 Å². The number of ether oxygens (including phenoxy) is 2. The van der Waals surface area contributed by atoms with Crippen molar-refractivity contribution >= 4 is 12.1 Å². The van der Waals surface area contributed by atoms with E-state index in [0.29, 0.717) is 24.1 Å². The molecule has 0 fully saturated rings. The van der Waals surface area contributed by atoms with Crippen molar-refractivity contribution in [1.82, 2.24) is 15.5 Å². The number of aromatic nitrogens is 2. The van der Waals surface area contributed by atoms with Gasteiger partial charge in [-0.3, -0.25) is 0 Å². The van der Waals surface area contributed by atoms with E-state index >= 15 is 0 Å². The number of carbonyl (C=O) groups is 2. The number of benzene rings is 1. The maximum Gasteiger partial charge on any atom is 0.416 e. The van der Waals surface area contributed by atoms with Gasteiger partial charge in [-0.15, -0.1) is 0 Å². The molecule has 1 aromatic carbocycles. The first kappa shape index (κ1) is 27.4. The topological polar surface area (TPSA) is 90.4 Å². The highest BCUT2D eigenvalue weighted by Gasteiger charge is 2.35. The molecule has 0 radical (unpaired) electrons. The Hall–Kier alpha value is -3.17. The van der Waals surface area contributed by atoms with E-state index in [4.69, 9.17) is 9.47 Å². The van der Waals surface area contributed by atoms with Crippen LogP contribution in [0.4, 0.5) is 18.0 Å². The van der Waals surface area contributed by atoms with Crippen LogP contribution >= 0.6 is 0 Å². The number of rotatable bonds is 5. The molecule has 10 heteroatoms. The molecule has 3 rings (SSSR count). The summed E-state index contributed by atoms with van der Waals surface area (Å²) >= 11 is 0. The zero-order chi connectivity index (χ0) is 26.8. The van der Waals surface area contributed by atoms with Crippen molar-refractivity contribution in [2.45, 2.75) is 78.3 Å². The number of fused-ring (bicyclic) bond motifs is 1. The molecule has 0 saturated heterocycles. The molecule has 0 unspecified atom stereocenters. The second-order valence-corrected chi connectivity index (χ2v) is 10.5. The highest BCUT2D eigenvalue weighted by molar-refractivity contribution is 5.82. The summed E-state index contributed by atoms with van der Waals surface area (Å²) in [5, 5.41) is 11.0. The maximum atomic E-state index is 13.2. The minimum absolute atomic E-state index is 0.139. The second kappa shape index (κ2) is 10.4. The largest absolute Gasteiger partial charge is 0.456 e. The van der Waals surface area contributed by atoms with Gasteiger partial charge in [0, 0.05) is 11.1 Å². The molecule has 196 valence electrons. The monoisotopic (exact) mass is 507 g/mol. The van der Waals surface area contributed by atoms with Crippen molar-refractivity contribution in [3.05, 3.63) is 47.2 Å².